The van der Waals surface area contributed by atoms with Gasteiger partial charge in [0, 0.05) is 18.7 Å². The average molecular weight is 306 g/mol. The zero-order valence-electron chi connectivity index (χ0n) is 14.1. The molecule has 1 aromatic rings. The topological polar surface area (TPSA) is 44.8 Å². The van der Waals surface area contributed by atoms with E-state index in [0.717, 1.165) is 11.3 Å². The zero-order valence-corrected chi connectivity index (χ0v) is 14.1. The van der Waals surface area contributed by atoms with Crippen LogP contribution in [-0.2, 0) is 19.7 Å². The number of hydrogen-bond donors (Lipinski definition) is 0. The van der Waals surface area contributed by atoms with Gasteiger partial charge in [-0.25, -0.2) is 4.79 Å². The minimum Gasteiger partial charge on any atom is -0.491 e. The fraction of sp³-hybridized carbons (Fsp3) is 0.500. The summed E-state index contributed by atoms with van der Waals surface area (Å²) in [5.74, 6) is 0.385. The standard InChI is InChI=1S/C18H26O4/c1-6-21-17(19)10-8-14-7-9-15(18(2,3)4)13-16(14)22-12-11-20-5/h7-10,13H,6,11-12H2,1-5H3. The Balaban J connectivity index is 3.01. The van der Waals surface area contributed by atoms with Crippen molar-refractivity contribution in [3.05, 3.63) is 35.4 Å². The molecule has 22 heavy (non-hydrogen) atoms. The smallest absolute Gasteiger partial charge is 0.330 e. The third-order valence-electron chi connectivity index (χ3n) is 3.11. The lowest BCUT2D eigenvalue weighted by Crippen LogP contribution is -2.12. The molecule has 0 aliphatic heterocycles. The largest absolute Gasteiger partial charge is 0.491 e. The van der Waals surface area contributed by atoms with Crippen LogP contribution in [0.4, 0.5) is 0 Å². The van der Waals surface area contributed by atoms with Crippen LogP contribution in [0.3, 0.4) is 0 Å². The van der Waals surface area contributed by atoms with E-state index in [-0.39, 0.29) is 11.4 Å². The van der Waals surface area contributed by atoms with Gasteiger partial charge in [-0.05, 0) is 30.0 Å². The van der Waals surface area contributed by atoms with Gasteiger partial charge in [-0.3, -0.25) is 0 Å². The molecule has 122 valence electrons. The van der Waals surface area contributed by atoms with E-state index in [1.807, 2.05) is 18.2 Å². The number of carbonyl (C=O) groups excluding carboxylic acids is 1. The summed E-state index contributed by atoms with van der Waals surface area (Å²) in [6.45, 7) is 9.57. The summed E-state index contributed by atoms with van der Waals surface area (Å²) in [4.78, 5) is 11.4. The molecule has 1 rings (SSSR count). The minimum absolute atomic E-state index is 0.0305. The Morgan fingerprint density at radius 2 is 1.95 bits per heavy atom. The van der Waals surface area contributed by atoms with Crippen molar-refractivity contribution in [1.29, 1.82) is 0 Å². The number of hydrogen-bond acceptors (Lipinski definition) is 4. The van der Waals surface area contributed by atoms with E-state index in [1.165, 1.54) is 11.6 Å². The molecular weight excluding hydrogens is 280 g/mol. The van der Waals surface area contributed by atoms with Gasteiger partial charge >= 0.3 is 5.97 Å². The molecule has 0 spiro atoms. The van der Waals surface area contributed by atoms with Crippen LogP contribution in [0.15, 0.2) is 24.3 Å². The highest BCUT2D eigenvalue weighted by atomic mass is 16.5. The van der Waals surface area contributed by atoms with E-state index >= 15 is 0 Å². The molecule has 4 heteroatoms. The van der Waals surface area contributed by atoms with Crippen molar-refractivity contribution in [2.45, 2.75) is 33.1 Å². The van der Waals surface area contributed by atoms with Gasteiger partial charge in [0.1, 0.15) is 12.4 Å². The van der Waals surface area contributed by atoms with Crippen LogP contribution in [0.2, 0.25) is 0 Å². The highest BCUT2D eigenvalue weighted by molar-refractivity contribution is 5.87. The van der Waals surface area contributed by atoms with Crippen molar-refractivity contribution in [2.24, 2.45) is 0 Å². The molecule has 1 aromatic carbocycles. The van der Waals surface area contributed by atoms with Gasteiger partial charge in [-0.1, -0.05) is 32.9 Å². The third-order valence-corrected chi connectivity index (χ3v) is 3.11. The average Bonchev–Trinajstić information content (AvgIpc) is 2.45. The third kappa shape index (κ3) is 5.90. The molecule has 0 unspecified atom stereocenters. The Morgan fingerprint density at radius 1 is 1.23 bits per heavy atom. The van der Waals surface area contributed by atoms with Gasteiger partial charge in [-0.2, -0.15) is 0 Å². The first-order chi connectivity index (χ1) is 10.4. The van der Waals surface area contributed by atoms with E-state index in [9.17, 15) is 4.79 Å². The summed E-state index contributed by atoms with van der Waals surface area (Å²) < 4.78 is 15.7. The number of rotatable bonds is 7. The van der Waals surface area contributed by atoms with E-state index in [4.69, 9.17) is 14.2 Å². The van der Waals surface area contributed by atoms with Gasteiger partial charge in [0.2, 0.25) is 0 Å². The van der Waals surface area contributed by atoms with E-state index in [1.54, 1.807) is 20.1 Å². The summed E-state index contributed by atoms with van der Waals surface area (Å²) in [5, 5.41) is 0. The highest BCUT2D eigenvalue weighted by Crippen LogP contribution is 2.29. The molecule has 0 aliphatic carbocycles. The number of methoxy groups -OCH3 is 1. The number of esters is 1. The van der Waals surface area contributed by atoms with Crippen LogP contribution in [0.5, 0.6) is 5.75 Å². The fourth-order valence-corrected chi connectivity index (χ4v) is 1.85. The second kappa shape index (κ2) is 8.59. The molecule has 0 N–H and O–H groups in total. The Morgan fingerprint density at radius 3 is 2.55 bits per heavy atom. The first-order valence-electron chi connectivity index (χ1n) is 7.49. The SMILES string of the molecule is CCOC(=O)C=Cc1ccc(C(C)(C)C)cc1OCCOC. The highest BCUT2D eigenvalue weighted by Gasteiger charge is 2.15. The molecule has 4 nitrogen and oxygen atoms in total. The van der Waals surface area contributed by atoms with Crippen LogP contribution in [-0.4, -0.2) is 32.9 Å². The molecule has 0 aromatic heterocycles. The molecular formula is C18H26O4. The summed E-state index contributed by atoms with van der Waals surface area (Å²) in [5.41, 5.74) is 2.05. The van der Waals surface area contributed by atoms with Crippen LogP contribution in [0, 0.1) is 0 Å². The van der Waals surface area contributed by atoms with Crippen LogP contribution in [0.25, 0.3) is 6.08 Å². The Bertz CT molecular complexity index is 512. The van der Waals surface area contributed by atoms with Crippen molar-refractivity contribution in [2.75, 3.05) is 26.9 Å². The van der Waals surface area contributed by atoms with Gasteiger partial charge in [0.05, 0.1) is 13.2 Å². The summed E-state index contributed by atoms with van der Waals surface area (Å²) in [6.07, 6.45) is 3.13. The number of benzene rings is 1. The monoisotopic (exact) mass is 306 g/mol. The van der Waals surface area contributed by atoms with E-state index in [2.05, 4.69) is 20.8 Å². The van der Waals surface area contributed by atoms with Gasteiger partial charge < -0.3 is 14.2 Å². The molecule has 0 heterocycles. The van der Waals surface area contributed by atoms with Crippen molar-refractivity contribution in [3.8, 4) is 5.75 Å². The molecule has 0 saturated carbocycles. The lowest BCUT2D eigenvalue weighted by atomic mass is 9.86. The maximum Gasteiger partial charge on any atom is 0.330 e. The molecule has 0 aliphatic rings. The van der Waals surface area contributed by atoms with E-state index in [0.29, 0.717) is 19.8 Å². The predicted octanol–water partition coefficient (Wildman–Crippen LogP) is 3.59. The van der Waals surface area contributed by atoms with Gasteiger partial charge in [-0.15, -0.1) is 0 Å². The molecule has 0 bridgehead atoms. The molecule has 0 saturated heterocycles. The lowest BCUT2D eigenvalue weighted by Gasteiger charge is -2.21. The Labute approximate surface area is 133 Å². The molecule has 0 fully saturated rings. The number of ether oxygens (including phenoxy) is 3. The molecule has 0 radical (unpaired) electrons. The lowest BCUT2D eigenvalue weighted by molar-refractivity contribution is -0.137. The normalized spacial score (nSPS) is 11.7. The van der Waals surface area contributed by atoms with E-state index < -0.39 is 0 Å². The fourth-order valence-electron chi connectivity index (χ4n) is 1.85. The first-order valence-corrected chi connectivity index (χ1v) is 7.49. The minimum atomic E-state index is -0.356. The first kappa shape index (κ1) is 18.2. The van der Waals surface area contributed by atoms with Gasteiger partial charge in [0.15, 0.2) is 0 Å². The van der Waals surface area contributed by atoms with Crippen molar-refractivity contribution in [3.63, 3.8) is 0 Å². The summed E-state index contributed by atoms with van der Waals surface area (Å²) in [6, 6.07) is 6.02. The quantitative estimate of drug-likeness (QED) is 0.439. The second-order valence-electron chi connectivity index (χ2n) is 5.93. The van der Waals surface area contributed by atoms with Crippen molar-refractivity contribution >= 4 is 12.0 Å². The van der Waals surface area contributed by atoms with Crippen molar-refractivity contribution < 1.29 is 19.0 Å². The Kier molecular flexibility index (Phi) is 7.12. The maximum atomic E-state index is 11.4. The number of carbonyl (C=O) groups is 1. The summed E-state index contributed by atoms with van der Waals surface area (Å²) >= 11 is 0. The van der Waals surface area contributed by atoms with Crippen LogP contribution >= 0.6 is 0 Å². The molecule has 0 amide bonds. The predicted molar refractivity (Wildman–Crippen MR) is 88.2 cm³/mol. The molecule has 0 atom stereocenters. The van der Waals surface area contributed by atoms with Crippen LogP contribution in [0.1, 0.15) is 38.8 Å². The maximum absolute atomic E-state index is 11.4. The zero-order chi connectivity index (χ0) is 16.6. The second-order valence-corrected chi connectivity index (χ2v) is 5.93. The van der Waals surface area contributed by atoms with Crippen LogP contribution < -0.4 is 4.74 Å². The van der Waals surface area contributed by atoms with Crippen molar-refractivity contribution in [1.82, 2.24) is 0 Å². The Hall–Kier alpha value is -1.81. The van der Waals surface area contributed by atoms with Gasteiger partial charge in [0.25, 0.3) is 0 Å². The summed E-state index contributed by atoms with van der Waals surface area (Å²) in [7, 11) is 1.64.